The number of nitrogens with one attached hydrogen (secondary N) is 8. The second-order valence-corrected chi connectivity index (χ2v) is 20.2. The van der Waals surface area contributed by atoms with Gasteiger partial charge in [-0.2, -0.15) is 8.42 Å². The summed E-state index contributed by atoms with van der Waals surface area (Å²) in [4.78, 5) is 149. The van der Waals surface area contributed by atoms with E-state index in [4.69, 9.17) is 16.2 Å². The lowest BCUT2D eigenvalue weighted by Gasteiger charge is -2.29. The summed E-state index contributed by atoms with van der Waals surface area (Å²) in [5, 5.41) is 38.4. The number of nitrogens with two attached hydrogens (primary N) is 2. The number of nitrogens with zero attached hydrogens (tertiary/aromatic N) is 1. The van der Waals surface area contributed by atoms with Crippen molar-refractivity contribution in [1.82, 2.24) is 47.4 Å². The van der Waals surface area contributed by atoms with Crippen molar-refractivity contribution in [1.29, 1.82) is 0 Å². The minimum atomic E-state index is -5.10. The van der Waals surface area contributed by atoms with E-state index in [1.165, 1.54) is 20.8 Å². The standard InChI is InChI=1S/C47H81N11O17S/c1-7-9-10-11-12-13-14-15-18-29(61)21-36(62)50-35(26-76(72,73)74)44(68)57-39-28(5)75-37(63)23-58(6)47(71)31(19-16-17-20-48)52-42(66)33(24-59)54-45(69)38(27(3)4)56-40(64)30(8-2)51-41(65)32(22-49)53-43(67)34(25-60)55-46(39)70/h8,27-28,31-35,38-39,59-60H,7,9-26,48-49H2,1-6H3,(H,50,62)(H,51,65)(H,52,66)(H,53,67)(H,54,69)(H,55,70)(H,56,64)(H,57,68)(H,72,73,74)/b30-8-. The van der Waals surface area contributed by atoms with Gasteiger partial charge in [0.05, 0.1) is 19.6 Å². The van der Waals surface area contributed by atoms with Crippen LogP contribution in [-0.4, -0.2) is 187 Å². The summed E-state index contributed by atoms with van der Waals surface area (Å²) in [6, 6.07) is -12.5. The molecule has 0 aliphatic carbocycles. The van der Waals surface area contributed by atoms with Crippen LogP contribution < -0.4 is 54.0 Å². The molecule has 1 rings (SSSR count). The molecule has 9 amide bonds. The number of rotatable bonds is 24. The van der Waals surface area contributed by atoms with E-state index in [1.54, 1.807) is 0 Å². The fourth-order valence-corrected chi connectivity index (χ4v) is 8.19. The highest BCUT2D eigenvalue weighted by molar-refractivity contribution is 7.85. The number of Topliss-reactive ketones (excluding diaryl/α,β-unsaturated/α-hetero) is 1. The SMILES string of the molecule is C/C=C1\NC(=O)C(CN)NC(=O)C(CO)NC(=O)C(NC(=O)C(CS(=O)(=O)O)NC(=O)CC(=O)CCCCCCCCCC)C(C)OC(=O)CN(C)C(=O)C(CCCCN)NC(=O)C(CO)NC(=O)C(C(C)C)NC1=O. The first kappa shape index (κ1) is 67.9. The summed E-state index contributed by atoms with van der Waals surface area (Å²) in [5.41, 5.74) is 11.0. The van der Waals surface area contributed by atoms with Gasteiger partial charge in [0, 0.05) is 20.0 Å². The van der Waals surface area contributed by atoms with E-state index >= 15 is 0 Å². The van der Waals surface area contributed by atoms with Crippen molar-refractivity contribution in [2.45, 2.75) is 166 Å². The van der Waals surface area contributed by atoms with Gasteiger partial charge >= 0.3 is 5.97 Å². The van der Waals surface area contributed by atoms with Crippen LogP contribution in [0.5, 0.6) is 0 Å². The van der Waals surface area contributed by atoms with Gasteiger partial charge in [-0.1, -0.05) is 71.8 Å². The predicted molar refractivity (Wildman–Crippen MR) is 273 cm³/mol. The summed E-state index contributed by atoms with van der Waals surface area (Å²) in [7, 11) is -3.96. The first-order valence-corrected chi connectivity index (χ1v) is 27.0. The van der Waals surface area contributed by atoms with Gasteiger partial charge in [-0.25, -0.2) is 0 Å². The van der Waals surface area contributed by atoms with Gasteiger partial charge in [-0.05, 0) is 52.0 Å². The van der Waals surface area contributed by atoms with Crippen LogP contribution in [0.4, 0.5) is 0 Å². The molecule has 8 unspecified atom stereocenters. The van der Waals surface area contributed by atoms with E-state index in [0.717, 1.165) is 63.5 Å². The lowest BCUT2D eigenvalue weighted by Crippen LogP contribution is -2.63. The Morgan fingerprint density at radius 3 is 1.86 bits per heavy atom. The van der Waals surface area contributed by atoms with E-state index in [1.807, 2.05) is 0 Å². The molecule has 28 nitrogen and oxygen atoms in total. The van der Waals surface area contributed by atoms with Crippen molar-refractivity contribution in [3.05, 3.63) is 11.8 Å². The molecule has 8 atom stereocenters. The Bertz CT molecular complexity index is 2140. The molecule has 0 aromatic carbocycles. The van der Waals surface area contributed by atoms with E-state index in [9.17, 15) is 75.9 Å². The highest BCUT2D eigenvalue weighted by atomic mass is 32.2. The molecule has 0 spiro atoms. The van der Waals surface area contributed by atoms with Crippen LogP contribution in [0.25, 0.3) is 0 Å². The van der Waals surface area contributed by atoms with Gasteiger partial charge < -0.3 is 73.9 Å². The number of carbonyl (C=O) groups is 11. The number of carbonyl (C=O) groups excluding carboxylic acids is 11. The molecule has 1 fully saturated rings. The number of allylic oxidation sites excluding steroid dienone is 1. The molecule has 1 heterocycles. The molecule has 432 valence electrons. The topological polar surface area (TPSA) is 443 Å². The fraction of sp³-hybridized carbons (Fsp3) is 0.723. The number of hydrogen-bond donors (Lipinski definition) is 13. The normalized spacial score (nSPS) is 23.4. The summed E-state index contributed by atoms with van der Waals surface area (Å²) in [6.45, 7) is 3.99. The second kappa shape index (κ2) is 35.2. The summed E-state index contributed by atoms with van der Waals surface area (Å²) >= 11 is 0. The number of esters is 1. The third-order valence-electron chi connectivity index (χ3n) is 11.9. The summed E-state index contributed by atoms with van der Waals surface area (Å²) < 4.78 is 39.4. The number of unbranched alkanes of at least 4 members (excludes halogenated alkanes) is 8. The van der Waals surface area contributed by atoms with Crippen LogP contribution in [0.3, 0.4) is 0 Å². The van der Waals surface area contributed by atoms with Crippen LogP contribution in [0.15, 0.2) is 11.8 Å². The molecular weight excluding hydrogens is 1020 g/mol. The third kappa shape index (κ3) is 25.1. The first-order chi connectivity index (χ1) is 35.8. The molecule has 0 bridgehead atoms. The molecular formula is C47H81N11O17S. The molecule has 15 N–H and O–H groups in total. The number of ether oxygens (including phenoxy) is 1. The molecule has 1 aliphatic heterocycles. The lowest BCUT2D eigenvalue weighted by molar-refractivity contribution is -0.156. The number of ketones is 1. The van der Waals surface area contributed by atoms with Crippen molar-refractivity contribution in [2.75, 3.05) is 45.6 Å². The second-order valence-electron chi connectivity index (χ2n) is 18.7. The van der Waals surface area contributed by atoms with E-state index < -0.39 is 174 Å². The maximum absolute atomic E-state index is 14.1. The number of hydrogen-bond acceptors (Lipinski definition) is 18. The van der Waals surface area contributed by atoms with Gasteiger partial charge in [0.25, 0.3) is 16.0 Å². The average Bonchev–Trinajstić information content (AvgIpc) is 3.34. The molecule has 1 saturated heterocycles. The predicted octanol–water partition coefficient (Wildman–Crippen LogP) is -4.09. The maximum Gasteiger partial charge on any atom is 0.325 e. The fourth-order valence-electron chi connectivity index (χ4n) is 7.53. The Hall–Kier alpha value is -6.14. The van der Waals surface area contributed by atoms with Crippen molar-refractivity contribution in [3.63, 3.8) is 0 Å². The largest absolute Gasteiger partial charge is 0.459 e. The minimum Gasteiger partial charge on any atom is -0.459 e. The number of aliphatic hydroxyl groups excluding tert-OH is 2. The van der Waals surface area contributed by atoms with Gasteiger partial charge in [0.15, 0.2) is 0 Å². The van der Waals surface area contributed by atoms with Crippen molar-refractivity contribution >= 4 is 75.0 Å². The van der Waals surface area contributed by atoms with E-state index in [-0.39, 0.29) is 25.8 Å². The zero-order valence-electron chi connectivity index (χ0n) is 44.3. The Morgan fingerprint density at radius 2 is 1.33 bits per heavy atom. The monoisotopic (exact) mass is 1100 g/mol. The zero-order chi connectivity index (χ0) is 57.7. The Kier molecular flexibility index (Phi) is 31.5. The van der Waals surface area contributed by atoms with Gasteiger partial charge in [0.1, 0.15) is 72.2 Å². The van der Waals surface area contributed by atoms with Crippen LogP contribution >= 0.6 is 0 Å². The number of cyclic esters (lactones) is 1. The Labute approximate surface area is 443 Å². The minimum absolute atomic E-state index is 0.0000393. The van der Waals surface area contributed by atoms with E-state index in [2.05, 4.69) is 49.5 Å². The van der Waals surface area contributed by atoms with Gasteiger partial charge in [-0.3, -0.25) is 57.3 Å². The number of amides is 9. The van der Waals surface area contributed by atoms with Crippen molar-refractivity contribution < 1.29 is 80.7 Å². The molecule has 0 aromatic rings. The maximum atomic E-state index is 14.1. The average molecular weight is 1100 g/mol. The number of aliphatic hydroxyl groups is 2. The van der Waals surface area contributed by atoms with Crippen LogP contribution in [0.2, 0.25) is 0 Å². The molecule has 0 radical (unpaired) electrons. The third-order valence-corrected chi connectivity index (χ3v) is 12.6. The zero-order valence-corrected chi connectivity index (χ0v) is 45.1. The van der Waals surface area contributed by atoms with Crippen molar-refractivity contribution in [2.24, 2.45) is 17.4 Å². The number of likely N-dealkylation sites (N-methyl/N-ethyl adjacent to an activating group) is 1. The molecule has 1 aliphatic rings. The first-order valence-electron chi connectivity index (χ1n) is 25.4. The molecule has 0 aromatic heterocycles. The van der Waals surface area contributed by atoms with Crippen molar-refractivity contribution in [3.8, 4) is 0 Å². The smallest absolute Gasteiger partial charge is 0.325 e. The Balaban J connectivity index is 3.75. The van der Waals surface area contributed by atoms with Crippen LogP contribution in [0.1, 0.15) is 118 Å². The highest BCUT2D eigenvalue weighted by Crippen LogP contribution is 2.12. The Morgan fingerprint density at radius 1 is 0.776 bits per heavy atom. The van der Waals surface area contributed by atoms with E-state index in [0.29, 0.717) is 19.3 Å². The van der Waals surface area contributed by atoms with Crippen LogP contribution in [-0.2, 0) is 67.6 Å². The summed E-state index contributed by atoms with van der Waals surface area (Å²) in [6.07, 6.45) is 6.46. The summed E-state index contributed by atoms with van der Waals surface area (Å²) in [5.74, 6) is -14.3. The van der Waals surface area contributed by atoms with Gasteiger partial charge in [-0.15, -0.1) is 0 Å². The quantitative estimate of drug-likeness (QED) is 0.0144. The molecule has 76 heavy (non-hydrogen) atoms. The van der Waals surface area contributed by atoms with Gasteiger partial charge in [0.2, 0.25) is 47.3 Å². The molecule has 0 saturated carbocycles. The molecule has 29 heteroatoms. The van der Waals surface area contributed by atoms with Crippen LogP contribution in [0, 0.1) is 5.92 Å². The lowest BCUT2D eigenvalue weighted by atomic mass is 10.0. The highest BCUT2D eigenvalue weighted by Gasteiger charge is 2.38.